The van der Waals surface area contributed by atoms with Crippen LogP contribution in [0.2, 0.25) is 0 Å². The van der Waals surface area contributed by atoms with Crippen LogP contribution in [-0.4, -0.2) is 51.8 Å². The summed E-state index contributed by atoms with van der Waals surface area (Å²) in [6, 6.07) is 0.327. The second-order valence-corrected chi connectivity index (χ2v) is 5.57. The molecule has 0 radical (unpaired) electrons. The highest BCUT2D eigenvalue weighted by Crippen LogP contribution is 2.15. The van der Waals surface area contributed by atoms with Crippen molar-refractivity contribution in [2.75, 3.05) is 32.4 Å². The van der Waals surface area contributed by atoms with Gasteiger partial charge in [-0.2, -0.15) is 0 Å². The van der Waals surface area contributed by atoms with Gasteiger partial charge in [-0.25, -0.2) is 13.1 Å². The SMILES string of the molecule is CS(=O)(=O)NC[C@@H]1CCCN1CCN. The molecule has 0 aromatic heterocycles. The number of hydrogen-bond donors (Lipinski definition) is 2. The second kappa shape index (κ2) is 5.06. The highest BCUT2D eigenvalue weighted by Gasteiger charge is 2.23. The van der Waals surface area contributed by atoms with Crippen LogP contribution in [-0.2, 0) is 10.0 Å². The van der Waals surface area contributed by atoms with Gasteiger partial charge in [-0.1, -0.05) is 0 Å². The molecule has 1 fully saturated rings. The van der Waals surface area contributed by atoms with Gasteiger partial charge in [0.15, 0.2) is 0 Å². The molecule has 0 unspecified atom stereocenters. The molecule has 0 bridgehead atoms. The molecule has 5 nitrogen and oxygen atoms in total. The quantitative estimate of drug-likeness (QED) is 0.622. The standard InChI is InChI=1S/C8H19N3O2S/c1-14(12,13)10-7-8-3-2-5-11(8)6-4-9/h8,10H,2-7,9H2,1H3/t8-/m0/s1. The fourth-order valence-corrected chi connectivity index (χ4v) is 2.33. The van der Waals surface area contributed by atoms with Crippen LogP contribution in [0.3, 0.4) is 0 Å². The van der Waals surface area contributed by atoms with Gasteiger partial charge in [0.1, 0.15) is 0 Å². The topological polar surface area (TPSA) is 75.4 Å². The number of nitrogens with zero attached hydrogens (tertiary/aromatic N) is 1. The van der Waals surface area contributed by atoms with Gasteiger partial charge in [-0.3, -0.25) is 4.90 Å². The molecule has 1 saturated heterocycles. The summed E-state index contributed by atoms with van der Waals surface area (Å²) in [6.45, 7) is 3.04. The summed E-state index contributed by atoms with van der Waals surface area (Å²) < 4.78 is 24.3. The van der Waals surface area contributed by atoms with Crippen molar-refractivity contribution in [1.29, 1.82) is 0 Å². The van der Waals surface area contributed by atoms with Crippen molar-refractivity contribution in [3.05, 3.63) is 0 Å². The van der Waals surface area contributed by atoms with E-state index in [0.29, 0.717) is 19.1 Å². The fourth-order valence-electron chi connectivity index (χ4n) is 1.83. The zero-order valence-electron chi connectivity index (χ0n) is 8.57. The van der Waals surface area contributed by atoms with E-state index in [9.17, 15) is 8.42 Å². The Morgan fingerprint density at radius 1 is 1.57 bits per heavy atom. The summed E-state index contributed by atoms with van der Waals surface area (Å²) in [5.41, 5.74) is 5.47. The minimum absolute atomic E-state index is 0.327. The molecule has 1 heterocycles. The Balaban J connectivity index is 2.36. The van der Waals surface area contributed by atoms with E-state index in [1.165, 1.54) is 6.26 Å². The van der Waals surface area contributed by atoms with Gasteiger partial charge in [0.2, 0.25) is 10.0 Å². The predicted molar refractivity (Wildman–Crippen MR) is 56.5 cm³/mol. The lowest BCUT2D eigenvalue weighted by molar-refractivity contribution is 0.261. The van der Waals surface area contributed by atoms with Crippen LogP contribution in [0.5, 0.6) is 0 Å². The van der Waals surface area contributed by atoms with Gasteiger partial charge in [0.25, 0.3) is 0 Å². The van der Waals surface area contributed by atoms with Crippen LogP contribution in [0.15, 0.2) is 0 Å². The first-order chi connectivity index (χ1) is 6.53. The monoisotopic (exact) mass is 221 g/mol. The molecular formula is C8H19N3O2S. The van der Waals surface area contributed by atoms with Crippen LogP contribution in [0.4, 0.5) is 0 Å². The molecule has 3 N–H and O–H groups in total. The maximum atomic E-state index is 10.9. The van der Waals surface area contributed by atoms with Crippen molar-refractivity contribution in [2.24, 2.45) is 5.73 Å². The van der Waals surface area contributed by atoms with Crippen molar-refractivity contribution in [1.82, 2.24) is 9.62 Å². The Bertz CT molecular complexity index is 266. The molecule has 0 aliphatic carbocycles. The van der Waals surface area contributed by atoms with Crippen molar-refractivity contribution in [2.45, 2.75) is 18.9 Å². The van der Waals surface area contributed by atoms with Crippen LogP contribution in [0.1, 0.15) is 12.8 Å². The minimum atomic E-state index is -3.06. The number of rotatable bonds is 5. The number of nitrogens with one attached hydrogen (secondary N) is 1. The molecule has 0 aromatic carbocycles. The lowest BCUT2D eigenvalue weighted by Crippen LogP contribution is -2.41. The zero-order valence-corrected chi connectivity index (χ0v) is 9.39. The summed E-state index contributed by atoms with van der Waals surface area (Å²) in [5.74, 6) is 0. The lowest BCUT2D eigenvalue weighted by Gasteiger charge is -2.23. The molecule has 0 spiro atoms. The molecule has 6 heteroatoms. The van der Waals surface area contributed by atoms with Gasteiger partial charge in [-0.05, 0) is 19.4 Å². The third-order valence-electron chi connectivity index (χ3n) is 2.50. The van der Waals surface area contributed by atoms with E-state index < -0.39 is 10.0 Å². The summed E-state index contributed by atoms with van der Waals surface area (Å²) >= 11 is 0. The van der Waals surface area contributed by atoms with E-state index in [-0.39, 0.29) is 0 Å². The predicted octanol–water partition coefficient (Wildman–Crippen LogP) is -1.04. The first kappa shape index (κ1) is 11.9. The fraction of sp³-hybridized carbons (Fsp3) is 1.00. The van der Waals surface area contributed by atoms with E-state index >= 15 is 0 Å². The van der Waals surface area contributed by atoms with Crippen LogP contribution in [0, 0.1) is 0 Å². The van der Waals surface area contributed by atoms with Gasteiger partial charge in [-0.15, -0.1) is 0 Å². The Hall–Kier alpha value is -0.170. The largest absolute Gasteiger partial charge is 0.329 e. The number of sulfonamides is 1. The van der Waals surface area contributed by atoms with Gasteiger partial charge < -0.3 is 5.73 Å². The highest BCUT2D eigenvalue weighted by atomic mass is 32.2. The first-order valence-corrected chi connectivity index (χ1v) is 6.81. The normalized spacial score (nSPS) is 24.3. The van der Waals surface area contributed by atoms with Gasteiger partial charge in [0, 0.05) is 25.7 Å². The molecule has 1 atom stereocenters. The minimum Gasteiger partial charge on any atom is -0.329 e. The van der Waals surface area contributed by atoms with Crippen LogP contribution in [0.25, 0.3) is 0 Å². The third kappa shape index (κ3) is 3.91. The number of hydrogen-bond acceptors (Lipinski definition) is 4. The van der Waals surface area contributed by atoms with E-state index in [2.05, 4.69) is 9.62 Å². The molecule has 84 valence electrons. The number of nitrogens with two attached hydrogens (primary N) is 1. The van der Waals surface area contributed by atoms with E-state index in [4.69, 9.17) is 5.73 Å². The Morgan fingerprint density at radius 2 is 2.29 bits per heavy atom. The molecule has 1 aliphatic rings. The lowest BCUT2D eigenvalue weighted by atomic mass is 10.2. The maximum Gasteiger partial charge on any atom is 0.208 e. The van der Waals surface area contributed by atoms with E-state index in [1.54, 1.807) is 0 Å². The third-order valence-corrected chi connectivity index (χ3v) is 3.19. The summed E-state index contributed by atoms with van der Waals surface area (Å²) in [6.07, 6.45) is 3.38. The zero-order chi connectivity index (χ0) is 10.6. The molecule has 1 rings (SSSR count). The average molecular weight is 221 g/mol. The Kier molecular flexibility index (Phi) is 4.31. The molecule has 0 aromatic rings. The van der Waals surface area contributed by atoms with E-state index in [0.717, 1.165) is 25.9 Å². The number of likely N-dealkylation sites (tertiary alicyclic amines) is 1. The Morgan fingerprint density at radius 3 is 2.86 bits per heavy atom. The summed E-state index contributed by atoms with van der Waals surface area (Å²) in [5, 5.41) is 0. The molecule has 1 aliphatic heterocycles. The maximum absolute atomic E-state index is 10.9. The molecule has 14 heavy (non-hydrogen) atoms. The second-order valence-electron chi connectivity index (χ2n) is 3.74. The van der Waals surface area contributed by atoms with Gasteiger partial charge in [0.05, 0.1) is 6.26 Å². The van der Waals surface area contributed by atoms with Crippen molar-refractivity contribution in [3.8, 4) is 0 Å². The van der Waals surface area contributed by atoms with Gasteiger partial charge >= 0.3 is 0 Å². The van der Waals surface area contributed by atoms with Crippen molar-refractivity contribution < 1.29 is 8.42 Å². The van der Waals surface area contributed by atoms with Crippen molar-refractivity contribution in [3.63, 3.8) is 0 Å². The molecule has 0 amide bonds. The highest BCUT2D eigenvalue weighted by molar-refractivity contribution is 7.88. The van der Waals surface area contributed by atoms with Crippen LogP contribution < -0.4 is 10.5 Å². The summed E-state index contributed by atoms with van der Waals surface area (Å²) in [4.78, 5) is 2.25. The summed E-state index contributed by atoms with van der Waals surface area (Å²) in [7, 11) is -3.06. The first-order valence-electron chi connectivity index (χ1n) is 4.91. The molecular weight excluding hydrogens is 202 g/mol. The van der Waals surface area contributed by atoms with Crippen LogP contribution >= 0.6 is 0 Å². The average Bonchev–Trinajstić information content (AvgIpc) is 2.48. The molecule has 0 saturated carbocycles. The van der Waals surface area contributed by atoms with Crippen molar-refractivity contribution >= 4 is 10.0 Å². The smallest absolute Gasteiger partial charge is 0.208 e. The Labute approximate surface area is 85.7 Å². The van der Waals surface area contributed by atoms with E-state index in [1.807, 2.05) is 0 Å².